The van der Waals surface area contributed by atoms with Crippen molar-refractivity contribution in [3.63, 3.8) is 0 Å². The summed E-state index contributed by atoms with van der Waals surface area (Å²) in [6, 6.07) is 3.08. The lowest BCUT2D eigenvalue weighted by molar-refractivity contribution is -0.238. The normalized spacial score (nSPS) is 14.4. The van der Waals surface area contributed by atoms with Crippen LogP contribution in [0.1, 0.15) is 16.8 Å². The van der Waals surface area contributed by atoms with Crippen LogP contribution >= 0.6 is 0 Å². The van der Waals surface area contributed by atoms with E-state index in [1.807, 2.05) is 0 Å². The van der Waals surface area contributed by atoms with Crippen molar-refractivity contribution in [3.05, 3.63) is 47.4 Å². The van der Waals surface area contributed by atoms with Crippen LogP contribution in [0.15, 0.2) is 30.6 Å². The van der Waals surface area contributed by atoms with Gasteiger partial charge in [-0.05, 0) is 18.6 Å². The smallest absolute Gasteiger partial charge is 0.381 e. The summed E-state index contributed by atoms with van der Waals surface area (Å²) in [5, 5.41) is 18.5. The second kappa shape index (κ2) is 7.34. The third-order valence-electron chi connectivity index (χ3n) is 4.85. The van der Waals surface area contributed by atoms with Crippen molar-refractivity contribution in [3.8, 4) is 11.3 Å². The molecular formula is C18H17F6N7O. The van der Waals surface area contributed by atoms with E-state index in [-0.39, 0.29) is 16.9 Å². The van der Waals surface area contributed by atoms with E-state index >= 15 is 0 Å². The van der Waals surface area contributed by atoms with Crippen LogP contribution < -0.4 is 11.6 Å². The molecule has 0 aliphatic rings. The van der Waals surface area contributed by atoms with Gasteiger partial charge in [0.25, 0.3) is 0 Å². The lowest BCUT2D eigenvalue weighted by Gasteiger charge is -2.34. The van der Waals surface area contributed by atoms with Crippen LogP contribution in [0.4, 0.5) is 32.2 Å². The van der Waals surface area contributed by atoms with E-state index in [2.05, 4.69) is 9.97 Å². The highest BCUT2D eigenvalue weighted by Gasteiger charge is 2.59. The molecular weight excluding hydrogens is 444 g/mol. The first-order chi connectivity index (χ1) is 14.6. The zero-order valence-electron chi connectivity index (χ0n) is 16.5. The maximum Gasteiger partial charge on any atom is 0.434 e. The van der Waals surface area contributed by atoms with Gasteiger partial charge in [0.15, 0.2) is 23.0 Å². The summed E-state index contributed by atoms with van der Waals surface area (Å²) in [6.07, 6.45) is -8.43. The summed E-state index contributed by atoms with van der Waals surface area (Å²) in [7, 11) is 0.951. The number of aryl methyl sites for hydroxylation is 1. The van der Waals surface area contributed by atoms with Gasteiger partial charge < -0.3 is 10.8 Å². The molecule has 0 saturated heterocycles. The zero-order chi connectivity index (χ0) is 24.2. The standard InChI is InChI=1S/C18H17F6N7O/c1-8-3-4-9(16(32,18(22,23)24)15(26)30(2)27)5-10(8)11-6-28-14-13(25)29-12(7-31(11)14)17(19,20)21/h3-7,26,32H,27H2,1-2H3,(H2,25,29). The molecule has 0 spiro atoms. The van der Waals surface area contributed by atoms with Gasteiger partial charge >= 0.3 is 12.4 Å². The average molecular weight is 461 g/mol. The minimum atomic E-state index is -5.33. The largest absolute Gasteiger partial charge is 0.434 e. The first-order valence-electron chi connectivity index (χ1n) is 8.78. The van der Waals surface area contributed by atoms with E-state index in [1.165, 1.54) is 13.0 Å². The summed E-state index contributed by atoms with van der Waals surface area (Å²) in [6.45, 7) is 1.50. The van der Waals surface area contributed by atoms with Crippen LogP contribution in [0.3, 0.4) is 0 Å². The maximum absolute atomic E-state index is 13.8. The quantitative estimate of drug-likeness (QED) is 0.156. The van der Waals surface area contributed by atoms with Crippen LogP contribution in [0.5, 0.6) is 0 Å². The predicted octanol–water partition coefficient (Wildman–Crippen LogP) is 2.84. The number of alkyl halides is 6. The Bertz CT molecular complexity index is 1200. The van der Waals surface area contributed by atoms with Gasteiger partial charge in [-0.2, -0.15) is 26.3 Å². The topological polar surface area (TPSA) is 130 Å². The summed E-state index contributed by atoms with van der Waals surface area (Å²) in [4.78, 5) is 7.18. The average Bonchev–Trinajstić information content (AvgIpc) is 3.10. The highest BCUT2D eigenvalue weighted by Crippen LogP contribution is 2.42. The van der Waals surface area contributed by atoms with Crippen LogP contribution in [-0.4, -0.2) is 43.5 Å². The van der Waals surface area contributed by atoms with Gasteiger partial charge in [0.1, 0.15) is 0 Å². The number of rotatable bonds is 3. The molecule has 3 aromatic rings. The molecule has 32 heavy (non-hydrogen) atoms. The van der Waals surface area contributed by atoms with Crippen LogP contribution in [0.2, 0.25) is 0 Å². The number of aliphatic hydroxyl groups is 1. The molecule has 1 aromatic carbocycles. The van der Waals surface area contributed by atoms with Crippen LogP contribution in [0, 0.1) is 12.3 Å². The number of nitrogens with two attached hydrogens (primary N) is 2. The number of nitrogens with one attached hydrogen (secondary N) is 1. The summed E-state index contributed by atoms with van der Waals surface area (Å²) in [5.41, 5.74) is -0.0834. The van der Waals surface area contributed by atoms with E-state index in [1.54, 1.807) is 0 Å². The number of amidine groups is 1. The number of fused-ring (bicyclic) bond motifs is 1. The Morgan fingerprint density at radius 3 is 2.34 bits per heavy atom. The number of halogens is 6. The zero-order valence-corrected chi connectivity index (χ0v) is 16.5. The third-order valence-corrected chi connectivity index (χ3v) is 4.85. The van der Waals surface area contributed by atoms with Gasteiger partial charge in [-0.25, -0.2) is 15.8 Å². The molecule has 1 atom stereocenters. The SMILES string of the molecule is Cc1ccc(C(O)(C(=N)N(C)N)C(F)(F)F)cc1-c1cnc2c(N)nc(C(F)(F)F)cn12. The molecule has 0 radical (unpaired) electrons. The van der Waals surface area contributed by atoms with Crippen molar-refractivity contribution in [1.82, 2.24) is 19.4 Å². The lowest BCUT2D eigenvalue weighted by Crippen LogP contribution is -2.56. The Hall–Kier alpha value is -3.39. The number of hydrogen-bond donors (Lipinski definition) is 4. The fraction of sp³-hybridized carbons (Fsp3) is 0.278. The molecule has 1 unspecified atom stereocenters. The molecule has 2 heterocycles. The molecule has 3 rings (SSSR count). The fourth-order valence-corrected chi connectivity index (χ4v) is 3.16. The molecule has 0 aliphatic carbocycles. The van der Waals surface area contributed by atoms with Crippen LogP contribution in [0.25, 0.3) is 16.9 Å². The Morgan fingerprint density at radius 1 is 1.19 bits per heavy atom. The van der Waals surface area contributed by atoms with Crippen LogP contribution in [-0.2, 0) is 11.8 Å². The predicted molar refractivity (Wildman–Crippen MR) is 102 cm³/mol. The third kappa shape index (κ3) is 3.60. The number of likely N-dealkylation sites (N-methyl/N-ethyl adjacent to an activating group) is 1. The Kier molecular flexibility index (Phi) is 5.34. The molecule has 172 valence electrons. The minimum absolute atomic E-state index is 0.0175. The highest BCUT2D eigenvalue weighted by atomic mass is 19.4. The monoisotopic (exact) mass is 461 g/mol. The van der Waals surface area contributed by atoms with E-state index in [4.69, 9.17) is 17.0 Å². The van der Waals surface area contributed by atoms with E-state index in [0.29, 0.717) is 16.8 Å². The molecule has 0 saturated carbocycles. The number of hydrazine groups is 1. The Labute approximate surface area is 176 Å². The molecule has 0 aliphatic heterocycles. The Morgan fingerprint density at radius 2 is 1.81 bits per heavy atom. The summed E-state index contributed by atoms with van der Waals surface area (Å²) < 4.78 is 82.0. The first kappa shape index (κ1) is 23.3. The molecule has 0 fully saturated rings. The van der Waals surface area contributed by atoms with Gasteiger partial charge in [0, 0.05) is 24.4 Å². The van der Waals surface area contributed by atoms with E-state index < -0.39 is 40.9 Å². The van der Waals surface area contributed by atoms with Crippen molar-refractivity contribution in [2.45, 2.75) is 24.9 Å². The number of imidazole rings is 1. The number of anilines is 1. The highest BCUT2D eigenvalue weighted by molar-refractivity contribution is 5.89. The van der Waals surface area contributed by atoms with Crippen molar-refractivity contribution in [1.29, 1.82) is 5.41 Å². The number of nitrogen functional groups attached to an aromatic ring is 1. The number of hydrogen-bond acceptors (Lipinski definition) is 6. The molecule has 8 nitrogen and oxygen atoms in total. The fourth-order valence-electron chi connectivity index (χ4n) is 3.16. The maximum atomic E-state index is 13.8. The number of nitrogens with zero attached hydrogens (tertiary/aromatic N) is 4. The van der Waals surface area contributed by atoms with Gasteiger partial charge in [0.2, 0.25) is 5.60 Å². The van der Waals surface area contributed by atoms with Gasteiger partial charge in [0.05, 0.1) is 11.9 Å². The molecule has 0 amide bonds. The lowest BCUT2D eigenvalue weighted by atomic mass is 9.88. The second-order valence-electron chi connectivity index (χ2n) is 7.04. The van der Waals surface area contributed by atoms with E-state index in [0.717, 1.165) is 29.8 Å². The van der Waals surface area contributed by atoms with Gasteiger partial charge in [-0.15, -0.1) is 0 Å². The Balaban J connectivity index is 2.30. The van der Waals surface area contributed by atoms with Crippen molar-refractivity contribution in [2.24, 2.45) is 5.84 Å². The summed E-state index contributed by atoms with van der Waals surface area (Å²) >= 11 is 0. The van der Waals surface area contributed by atoms with Crippen molar-refractivity contribution < 1.29 is 31.4 Å². The van der Waals surface area contributed by atoms with Gasteiger partial charge in [-0.1, -0.05) is 12.1 Å². The van der Waals surface area contributed by atoms with Crippen molar-refractivity contribution >= 4 is 17.3 Å². The van der Waals surface area contributed by atoms with E-state index in [9.17, 15) is 31.4 Å². The first-order valence-corrected chi connectivity index (χ1v) is 8.78. The summed E-state index contributed by atoms with van der Waals surface area (Å²) in [5.74, 6) is 3.39. The second-order valence-corrected chi connectivity index (χ2v) is 7.04. The van der Waals surface area contributed by atoms with Gasteiger partial charge in [-0.3, -0.25) is 14.8 Å². The van der Waals surface area contributed by atoms with Crippen molar-refractivity contribution in [2.75, 3.05) is 12.8 Å². The number of benzene rings is 1. The molecule has 14 heteroatoms. The molecule has 0 bridgehead atoms. The molecule has 6 N–H and O–H groups in total. The minimum Gasteiger partial charge on any atom is -0.381 e. The molecule has 2 aromatic heterocycles. The number of aromatic nitrogens is 3.